The minimum atomic E-state index is -4.98. The number of carbonyl (C=O) groups excluding carboxylic acids is 1. The number of benzene rings is 5. The Balaban J connectivity index is 1.39. The quantitative estimate of drug-likeness (QED) is 0.108. The van der Waals surface area contributed by atoms with Crippen LogP contribution in [0.1, 0.15) is 24.0 Å². The Morgan fingerprint density at radius 3 is 1.81 bits per heavy atom. The molecule has 0 radical (unpaired) electrons. The number of para-hydroxylation sites is 1. The number of piperidine rings is 1. The number of nitrogens with zero attached hydrogens (tertiary/aromatic N) is 4. The van der Waals surface area contributed by atoms with Crippen LogP contribution in [0.5, 0.6) is 11.5 Å². The molecule has 54 heavy (non-hydrogen) atoms. The molecule has 1 amide bonds. The molecular formula is C42H36F3N6O2P. The summed E-state index contributed by atoms with van der Waals surface area (Å²) in [4.78, 5) is 22.3. The van der Waals surface area contributed by atoms with E-state index in [1.807, 2.05) is 121 Å². The van der Waals surface area contributed by atoms with Crippen molar-refractivity contribution < 1.29 is 22.7 Å². The number of aromatic nitrogens is 2. The number of hydrogen-bond donors (Lipinski definition) is 2. The maximum absolute atomic E-state index is 13.4. The zero-order chi connectivity index (χ0) is 37.5. The third-order valence-electron chi connectivity index (χ3n) is 9.13. The fourth-order valence-electron chi connectivity index (χ4n) is 6.60. The van der Waals surface area contributed by atoms with Crippen LogP contribution in [0.15, 0.2) is 157 Å². The van der Waals surface area contributed by atoms with E-state index in [2.05, 4.69) is 10.3 Å². The normalized spacial score (nSPS) is 14.6. The van der Waals surface area contributed by atoms with Gasteiger partial charge in [-0.2, -0.15) is 13.2 Å². The molecule has 7 rings (SSSR count). The Labute approximate surface area is 311 Å². The molecule has 2 N–H and O–H groups in total. The molecule has 0 saturated carbocycles. The van der Waals surface area contributed by atoms with Crippen molar-refractivity contribution in [1.82, 2.24) is 14.9 Å². The molecule has 0 spiro atoms. The molecule has 5 aromatic carbocycles. The molecular weight excluding hydrogens is 708 g/mol. The van der Waals surface area contributed by atoms with Crippen LogP contribution < -0.4 is 26.0 Å². The molecule has 0 aliphatic carbocycles. The summed E-state index contributed by atoms with van der Waals surface area (Å²) in [6.07, 6.45) is -2.77. The zero-order valence-electron chi connectivity index (χ0n) is 29.0. The van der Waals surface area contributed by atoms with Crippen LogP contribution in [0.3, 0.4) is 0 Å². The average molecular weight is 745 g/mol. The number of halogens is 3. The maximum atomic E-state index is 13.4. The van der Waals surface area contributed by atoms with Crippen molar-refractivity contribution in [3.63, 3.8) is 0 Å². The number of nitrogens with one attached hydrogen (secondary N) is 2. The third kappa shape index (κ3) is 7.82. The first-order valence-electron chi connectivity index (χ1n) is 17.4. The Morgan fingerprint density at radius 1 is 0.759 bits per heavy atom. The van der Waals surface area contributed by atoms with Crippen molar-refractivity contribution in [3.05, 3.63) is 163 Å². The minimum absolute atomic E-state index is 0.000808. The molecule has 1 aliphatic rings. The first-order valence-corrected chi connectivity index (χ1v) is 19.2. The van der Waals surface area contributed by atoms with E-state index in [1.165, 1.54) is 6.33 Å². The van der Waals surface area contributed by atoms with Gasteiger partial charge < -0.3 is 15.0 Å². The van der Waals surface area contributed by atoms with Crippen LogP contribution in [0.25, 0.3) is 0 Å². The van der Waals surface area contributed by atoms with Gasteiger partial charge in [0.1, 0.15) is 23.6 Å². The van der Waals surface area contributed by atoms with Crippen LogP contribution >= 0.6 is 7.05 Å². The molecule has 1 aliphatic heterocycles. The number of rotatable bonds is 10. The van der Waals surface area contributed by atoms with Gasteiger partial charge >= 0.3 is 12.1 Å². The minimum Gasteiger partial charge on any atom is -0.457 e. The topological polar surface area (TPSA) is 104 Å². The highest BCUT2D eigenvalue weighted by atomic mass is 31.2. The standard InChI is InChI=1S/C42H36F3N6O2P/c43-42(44,45)41(52)51-27-13-14-31(28-51)49-39-37(38(46)30-23-25-33(26-24-30)53-32-15-5-1-6-16-32)40(48-29-47-39)50-54(34-17-7-2-8-18-34,35-19-9-3-10-20-35)36-21-11-4-12-22-36/h1-12,15-26,29,31,46H,13-14,27-28H2,(H,47,48,49). The highest BCUT2D eigenvalue weighted by Gasteiger charge is 2.43. The van der Waals surface area contributed by atoms with Gasteiger partial charge in [0.15, 0.2) is 5.82 Å². The molecule has 0 bridgehead atoms. The van der Waals surface area contributed by atoms with Crippen LogP contribution in [0.2, 0.25) is 0 Å². The monoisotopic (exact) mass is 744 g/mol. The van der Waals surface area contributed by atoms with Crippen LogP contribution in [-0.4, -0.2) is 51.8 Å². The van der Waals surface area contributed by atoms with Crippen LogP contribution in [-0.2, 0) is 4.79 Å². The second kappa shape index (κ2) is 15.9. The Bertz CT molecular complexity index is 2170. The average Bonchev–Trinajstić information content (AvgIpc) is 3.21. The Kier molecular flexibility index (Phi) is 10.7. The zero-order valence-corrected chi connectivity index (χ0v) is 29.9. The third-order valence-corrected chi connectivity index (χ3v) is 12.8. The first kappa shape index (κ1) is 36.3. The highest BCUT2D eigenvalue weighted by Crippen LogP contribution is 2.50. The molecule has 1 saturated heterocycles. The van der Waals surface area contributed by atoms with Crippen molar-refractivity contribution in [3.8, 4) is 11.5 Å². The lowest BCUT2D eigenvalue weighted by atomic mass is 10.0. The van der Waals surface area contributed by atoms with Gasteiger partial charge in [-0.3, -0.25) is 10.2 Å². The van der Waals surface area contributed by atoms with E-state index in [9.17, 15) is 23.4 Å². The van der Waals surface area contributed by atoms with Crippen molar-refractivity contribution >= 4 is 46.2 Å². The van der Waals surface area contributed by atoms with E-state index in [0.29, 0.717) is 29.9 Å². The van der Waals surface area contributed by atoms with Crippen molar-refractivity contribution in [1.29, 1.82) is 5.41 Å². The van der Waals surface area contributed by atoms with Gasteiger partial charge in [0.2, 0.25) is 0 Å². The van der Waals surface area contributed by atoms with Gasteiger partial charge in [-0.15, -0.1) is 0 Å². The molecule has 1 unspecified atom stereocenters. The number of amides is 1. The molecule has 12 heteroatoms. The number of alkyl halides is 3. The predicted octanol–water partition coefficient (Wildman–Crippen LogP) is 8.46. The van der Waals surface area contributed by atoms with Gasteiger partial charge in [0.05, 0.1) is 18.3 Å². The smallest absolute Gasteiger partial charge is 0.457 e. The lowest BCUT2D eigenvalue weighted by Crippen LogP contribution is -2.49. The van der Waals surface area contributed by atoms with Crippen LogP contribution in [0.4, 0.5) is 24.8 Å². The molecule has 1 aromatic heterocycles. The van der Waals surface area contributed by atoms with Crippen molar-refractivity contribution in [2.75, 3.05) is 18.4 Å². The molecule has 272 valence electrons. The van der Waals surface area contributed by atoms with Crippen molar-refractivity contribution in [2.24, 2.45) is 4.74 Å². The van der Waals surface area contributed by atoms with Gasteiger partial charge in [-0.25, -0.2) is 14.7 Å². The number of likely N-dealkylation sites (tertiary alicyclic amines) is 1. The Morgan fingerprint density at radius 2 is 1.28 bits per heavy atom. The Hall–Kier alpha value is -6.06. The fourth-order valence-corrected chi connectivity index (χ4v) is 10.1. The van der Waals surface area contributed by atoms with Crippen molar-refractivity contribution in [2.45, 2.75) is 25.1 Å². The highest BCUT2D eigenvalue weighted by molar-refractivity contribution is 7.87. The van der Waals surface area contributed by atoms with Crippen LogP contribution in [0, 0.1) is 5.41 Å². The van der Waals surface area contributed by atoms with Gasteiger partial charge in [-0.05, 0) is 49.2 Å². The second-order valence-corrected chi connectivity index (χ2v) is 15.7. The number of anilines is 1. The molecule has 2 heterocycles. The predicted molar refractivity (Wildman–Crippen MR) is 207 cm³/mol. The van der Waals surface area contributed by atoms with E-state index in [0.717, 1.165) is 20.8 Å². The number of ether oxygens (including phenoxy) is 1. The second-order valence-electron chi connectivity index (χ2n) is 12.7. The summed E-state index contributed by atoms with van der Waals surface area (Å²) in [5.74, 6) is -0.161. The molecule has 8 nitrogen and oxygen atoms in total. The molecule has 6 aromatic rings. The van der Waals surface area contributed by atoms with E-state index < -0.39 is 25.2 Å². The van der Waals surface area contributed by atoms with E-state index >= 15 is 0 Å². The van der Waals surface area contributed by atoms with E-state index in [4.69, 9.17) is 14.5 Å². The summed E-state index contributed by atoms with van der Waals surface area (Å²) >= 11 is 0. The van der Waals surface area contributed by atoms with Gasteiger partial charge in [-0.1, -0.05) is 109 Å². The summed E-state index contributed by atoms with van der Waals surface area (Å²) in [6, 6.07) is 45.8. The summed E-state index contributed by atoms with van der Waals surface area (Å²) in [7, 11) is -2.87. The largest absolute Gasteiger partial charge is 0.471 e. The lowest BCUT2D eigenvalue weighted by molar-refractivity contribution is -0.186. The number of carbonyl (C=O) groups is 1. The first-order chi connectivity index (χ1) is 26.2. The summed E-state index contributed by atoms with van der Waals surface area (Å²) in [5, 5.41) is 15.8. The van der Waals surface area contributed by atoms with E-state index in [1.54, 1.807) is 24.3 Å². The molecule has 1 atom stereocenters. The fraction of sp³-hybridized carbons (Fsp3) is 0.143. The summed E-state index contributed by atoms with van der Waals surface area (Å²) in [6.45, 7) is -0.179. The summed E-state index contributed by atoms with van der Waals surface area (Å²) in [5.41, 5.74) is 0.848. The molecule has 1 fully saturated rings. The number of hydrogen-bond acceptors (Lipinski definition) is 7. The van der Waals surface area contributed by atoms with E-state index in [-0.39, 0.29) is 36.0 Å². The summed E-state index contributed by atoms with van der Waals surface area (Å²) < 4.78 is 51.9. The van der Waals surface area contributed by atoms with Gasteiger partial charge in [0.25, 0.3) is 0 Å². The SMILES string of the molecule is N=C(c1ccc(Oc2ccccc2)cc1)c1c(N=P(c2ccccc2)(c2ccccc2)c2ccccc2)ncnc1NC1CCCN(C(=O)C(F)(F)F)C1. The maximum Gasteiger partial charge on any atom is 0.471 e. The van der Waals surface area contributed by atoms with Gasteiger partial charge in [0, 0.05) is 40.6 Å². The lowest BCUT2D eigenvalue weighted by Gasteiger charge is -2.34.